The molecule has 0 spiro atoms. The molecular weight excluding hydrogens is 206 g/mol. The van der Waals surface area contributed by atoms with Gasteiger partial charge in [-0.2, -0.15) is 0 Å². The van der Waals surface area contributed by atoms with E-state index in [-0.39, 0.29) is 0 Å². The molecule has 2 nitrogen and oxygen atoms in total. The van der Waals surface area contributed by atoms with Crippen LogP contribution in [-0.2, 0) is 11.2 Å². The molecule has 1 aromatic heterocycles. The van der Waals surface area contributed by atoms with E-state index in [2.05, 4.69) is 36.7 Å². The quantitative estimate of drug-likeness (QED) is 0.773. The van der Waals surface area contributed by atoms with Crippen LogP contribution in [0, 0.1) is 0 Å². The average molecular weight is 227 g/mol. The third-order valence-electron chi connectivity index (χ3n) is 2.29. The predicted octanol–water partition coefficient (Wildman–Crippen LogP) is 2.69. The molecule has 86 valence electrons. The molecule has 1 aromatic rings. The lowest BCUT2D eigenvalue weighted by molar-refractivity contribution is 0.0744. The van der Waals surface area contributed by atoms with Crippen molar-refractivity contribution in [2.45, 2.75) is 39.3 Å². The summed E-state index contributed by atoms with van der Waals surface area (Å²) < 4.78 is 5.47. The summed E-state index contributed by atoms with van der Waals surface area (Å²) in [6.07, 6.45) is 1.41. The molecular formula is C12H21NOS. The Morgan fingerprint density at radius 1 is 1.47 bits per heavy atom. The van der Waals surface area contributed by atoms with Crippen molar-refractivity contribution in [1.82, 2.24) is 5.32 Å². The van der Waals surface area contributed by atoms with E-state index in [1.54, 1.807) is 0 Å². The number of rotatable bonds is 7. The smallest absolute Gasteiger partial charge is 0.0671 e. The molecule has 0 aliphatic carbocycles. The number of nitrogens with one attached hydrogen (secondary N) is 1. The summed E-state index contributed by atoms with van der Waals surface area (Å²) in [6.45, 7) is 8.08. The molecule has 0 amide bonds. The predicted molar refractivity (Wildman–Crippen MR) is 66.6 cm³/mol. The molecule has 3 heteroatoms. The van der Waals surface area contributed by atoms with Crippen LogP contribution in [0.25, 0.3) is 0 Å². The fraction of sp³-hybridized carbons (Fsp3) is 0.667. The molecule has 0 radical (unpaired) electrons. The second-order valence-corrected chi connectivity index (χ2v) is 4.89. The highest BCUT2D eigenvalue weighted by Crippen LogP contribution is 2.10. The van der Waals surface area contributed by atoms with Gasteiger partial charge in [0.05, 0.1) is 6.10 Å². The Bertz CT molecular complexity index is 248. The molecule has 0 fully saturated rings. The van der Waals surface area contributed by atoms with E-state index in [4.69, 9.17) is 4.74 Å². The van der Waals surface area contributed by atoms with Crippen molar-refractivity contribution >= 4 is 11.3 Å². The maximum Gasteiger partial charge on any atom is 0.0671 e. The Hall–Kier alpha value is -0.380. The summed E-state index contributed by atoms with van der Waals surface area (Å²) in [5.41, 5.74) is 0. The van der Waals surface area contributed by atoms with Crippen molar-refractivity contribution in [3.05, 3.63) is 22.4 Å². The minimum Gasteiger partial charge on any atom is -0.377 e. The zero-order chi connectivity index (χ0) is 11.1. The van der Waals surface area contributed by atoms with Gasteiger partial charge in [0.15, 0.2) is 0 Å². The first-order chi connectivity index (χ1) is 7.22. The van der Waals surface area contributed by atoms with Crippen LogP contribution in [0.3, 0.4) is 0 Å². The van der Waals surface area contributed by atoms with E-state index in [0.29, 0.717) is 12.1 Å². The van der Waals surface area contributed by atoms with E-state index in [9.17, 15) is 0 Å². The van der Waals surface area contributed by atoms with Crippen LogP contribution in [-0.4, -0.2) is 25.3 Å². The van der Waals surface area contributed by atoms with Crippen molar-refractivity contribution in [1.29, 1.82) is 0 Å². The molecule has 1 N–H and O–H groups in total. The Kier molecular flexibility index (Phi) is 5.91. The van der Waals surface area contributed by atoms with Crippen LogP contribution in [0.2, 0.25) is 0 Å². The fourth-order valence-electron chi connectivity index (χ4n) is 1.51. The van der Waals surface area contributed by atoms with Crippen LogP contribution >= 0.6 is 11.3 Å². The van der Waals surface area contributed by atoms with Crippen molar-refractivity contribution in [3.8, 4) is 0 Å². The first-order valence-corrected chi connectivity index (χ1v) is 6.47. The normalized spacial score (nSPS) is 15.1. The van der Waals surface area contributed by atoms with Gasteiger partial charge >= 0.3 is 0 Å². The minimum atomic E-state index is 0.306. The highest BCUT2D eigenvalue weighted by molar-refractivity contribution is 7.09. The summed E-state index contributed by atoms with van der Waals surface area (Å²) in [6, 6.07) is 4.82. The zero-order valence-electron chi connectivity index (χ0n) is 9.82. The Balaban J connectivity index is 2.16. The topological polar surface area (TPSA) is 21.3 Å². The van der Waals surface area contributed by atoms with Gasteiger partial charge in [-0.3, -0.25) is 0 Å². The van der Waals surface area contributed by atoms with Crippen molar-refractivity contribution in [2.24, 2.45) is 0 Å². The maximum atomic E-state index is 5.47. The SMILES string of the molecule is CCOC(C)CNC(C)Cc1cccs1. The average Bonchev–Trinajstić information content (AvgIpc) is 2.68. The van der Waals surface area contributed by atoms with Gasteiger partial charge in [0.1, 0.15) is 0 Å². The number of ether oxygens (including phenoxy) is 1. The maximum absolute atomic E-state index is 5.47. The highest BCUT2D eigenvalue weighted by atomic mass is 32.1. The summed E-state index contributed by atoms with van der Waals surface area (Å²) >= 11 is 1.82. The molecule has 15 heavy (non-hydrogen) atoms. The third kappa shape index (κ3) is 5.30. The van der Waals surface area contributed by atoms with Crippen molar-refractivity contribution < 1.29 is 4.74 Å². The highest BCUT2D eigenvalue weighted by Gasteiger charge is 2.06. The Labute approximate surface area is 96.7 Å². The minimum absolute atomic E-state index is 0.306. The van der Waals surface area contributed by atoms with Crippen LogP contribution in [0.4, 0.5) is 0 Å². The molecule has 0 aromatic carbocycles. The van der Waals surface area contributed by atoms with E-state index >= 15 is 0 Å². The standard InChI is InChI=1S/C12H21NOS/c1-4-14-11(3)9-13-10(2)8-12-6-5-7-15-12/h5-7,10-11,13H,4,8-9H2,1-3H3. The number of hydrogen-bond acceptors (Lipinski definition) is 3. The second-order valence-electron chi connectivity index (χ2n) is 3.86. The van der Waals surface area contributed by atoms with Gasteiger partial charge in [0, 0.05) is 24.1 Å². The van der Waals surface area contributed by atoms with Gasteiger partial charge in [-0.15, -0.1) is 11.3 Å². The summed E-state index contributed by atoms with van der Waals surface area (Å²) in [7, 11) is 0. The lowest BCUT2D eigenvalue weighted by Crippen LogP contribution is -2.34. The van der Waals surface area contributed by atoms with Crippen molar-refractivity contribution in [2.75, 3.05) is 13.2 Å². The summed E-state index contributed by atoms with van der Waals surface area (Å²) in [4.78, 5) is 1.44. The van der Waals surface area contributed by atoms with Gasteiger partial charge < -0.3 is 10.1 Å². The van der Waals surface area contributed by atoms with Crippen LogP contribution in [0.15, 0.2) is 17.5 Å². The monoisotopic (exact) mass is 227 g/mol. The molecule has 0 saturated carbocycles. The molecule has 0 aliphatic heterocycles. The van der Waals surface area contributed by atoms with Gasteiger partial charge in [-0.1, -0.05) is 6.07 Å². The van der Waals surface area contributed by atoms with Gasteiger partial charge in [-0.25, -0.2) is 0 Å². The molecule has 1 rings (SSSR count). The molecule has 0 saturated heterocycles. The summed E-state index contributed by atoms with van der Waals surface area (Å²) in [5.74, 6) is 0. The Morgan fingerprint density at radius 3 is 2.87 bits per heavy atom. The fourth-order valence-corrected chi connectivity index (χ4v) is 2.35. The first kappa shape index (κ1) is 12.7. The van der Waals surface area contributed by atoms with Crippen LogP contribution in [0.1, 0.15) is 25.6 Å². The lowest BCUT2D eigenvalue weighted by Gasteiger charge is -2.17. The van der Waals surface area contributed by atoms with E-state index in [1.807, 2.05) is 18.3 Å². The van der Waals surface area contributed by atoms with Crippen LogP contribution < -0.4 is 5.32 Å². The first-order valence-electron chi connectivity index (χ1n) is 5.59. The molecule has 2 atom stereocenters. The molecule has 1 heterocycles. The number of thiophene rings is 1. The summed E-state index contributed by atoms with van der Waals surface area (Å²) in [5, 5.41) is 5.62. The Morgan fingerprint density at radius 2 is 2.27 bits per heavy atom. The van der Waals surface area contributed by atoms with Crippen LogP contribution in [0.5, 0.6) is 0 Å². The molecule has 0 bridgehead atoms. The molecule has 2 unspecified atom stereocenters. The largest absolute Gasteiger partial charge is 0.377 e. The van der Waals surface area contributed by atoms with E-state index < -0.39 is 0 Å². The van der Waals surface area contributed by atoms with Gasteiger partial charge in [0.2, 0.25) is 0 Å². The van der Waals surface area contributed by atoms with Crippen molar-refractivity contribution in [3.63, 3.8) is 0 Å². The zero-order valence-corrected chi connectivity index (χ0v) is 10.6. The lowest BCUT2D eigenvalue weighted by atomic mass is 10.2. The van der Waals surface area contributed by atoms with E-state index in [1.165, 1.54) is 4.88 Å². The number of hydrogen-bond donors (Lipinski definition) is 1. The molecule has 0 aliphatic rings. The van der Waals surface area contributed by atoms with Gasteiger partial charge in [0.25, 0.3) is 0 Å². The van der Waals surface area contributed by atoms with Gasteiger partial charge in [-0.05, 0) is 38.6 Å². The third-order valence-corrected chi connectivity index (χ3v) is 3.19. The second kappa shape index (κ2) is 6.99. The van der Waals surface area contributed by atoms with E-state index in [0.717, 1.165) is 19.6 Å².